The summed E-state index contributed by atoms with van der Waals surface area (Å²) in [5.41, 5.74) is 5.35. The number of primary amides is 1. The van der Waals surface area contributed by atoms with Crippen LogP contribution in [0.5, 0.6) is 5.75 Å². The highest BCUT2D eigenvalue weighted by Crippen LogP contribution is 2.16. The molecular formula is C15H15N3O5. The first-order chi connectivity index (χ1) is 11.1. The molecule has 4 N–H and O–H groups in total. The van der Waals surface area contributed by atoms with Crippen LogP contribution in [0.1, 0.15) is 16.1 Å². The number of imide groups is 1. The molecular weight excluding hydrogens is 302 g/mol. The van der Waals surface area contributed by atoms with Crippen LogP contribution >= 0.6 is 0 Å². The SMILES string of the molecule is NC(=O)c1ccccc1OCC(=O)NC(=O)NCc1ccco1. The summed E-state index contributed by atoms with van der Waals surface area (Å²) in [6.07, 6.45) is 1.48. The summed E-state index contributed by atoms with van der Waals surface area (Å²) in [5, 5.41) is 4.54. The van der Waals surface area contributed by atoms with Crippen molar-refractivity contribution in [3.8, 4) is 5.75 Å². The van der Waals surface area contributed by atoms with Crippen molar-refractivity contribution in [2.75, 3.05) is 6.61 Å². The zero-order valence-electron chi connectivity index (χ0n) is 12.1. The molecule has 0 atom stereocenters. The van der Waals surface area contributed by atoms with E-state index < -0.39 is 24.5 Å². The van der Waals surface area contributed by atoms with Gasteiger partial charge in [0.25, 0.3) is 11.8 Å². The molecule has 2 aromatic rings. The van der Waals surface area contributed by atoms with Crippen molar-refractivity contribution in [2.45, 2.75) is 6.54 Å². The topological polar surface area (TPSA) is 124 Å². The van der Waals surface area contributed by atoms with Gasteiger partial charge in [-0.25, -0.2) is 4.79 Å². The van der Waals surface area contributed by atoms with Crippen LogP contribution in [-0.2, 0) is 11.3 Å². The van der Waals surface area contributed by atoms with Crippen molar-refractivity contribution >= 4 is 17.8 Å². The van der Waals surface area contributed by atoms with Gasteiger partial charge in [-0.1, -0.05) is 12.1 Å². The van der Waals surface area contributed by atoms with Crippen LogP contribution in [0.3, 0.4) is 0 Å². The number of rotatable bonds is 6. The average Bonchev–Trinajstić information content (AvgIpc) is 3.04. The van der Waals surface area contributed by atoms with Gasteiger partial charge in [0.05, 0.1) is 18.4 Å². The van der Waals surface area contributed by atoms with Gasteiger partial charge in [-0.05, 0) is 24.3 Å². The fourth-order valence-electron chi connectivity index (χ4n) is 1.73. The molecule has 0 saturated carbocycles. The summed E-state index contributed by atoms with van der Waals surface area (Å²) in [6, 6.07) is 8.93. The third-order valence-corrected chi connectivity index (χ3v) is 2.77. The molecule has 23 heavy (non-hydrogen) atoms. The molecule has 0 saturated heterocycles. The number of para-hydroxylation sites is 1. The molecule has 0 aliphatic heterocycles. The lowest BCUT2D eigenvalue weighted by Crippen LogP contribution is -2.41. The normalized spacial score (nSPS) is 9.91. The molecule has 0 spiro atoms. The first-order valence-electron chi connectivity index (χ1n) is 6.68. The van der Waals surface area contributed by atoms with E-state index in [-0.39, 0.29) is 17.9 Å². The lowest BCUT2D eigenvalue weighted by Gasteiger charge is -2.09. The second-order valence-corrected chi connectivity index (χ2v) is 4.46. The van der Waals surface area contributed by atoms with Crippen molar-refractivity contribution in [1.82, 2.24) is 10.6 Å². The number of benzene rings is 1. The van der Waals surface area contributed by atoms with Gasteiger partial charge >= 0.3 is 6.03 Å². The molecule has 8 nitrogen and oxygen atoms in total. The monoisotopic (exact) mass is 317 g/mol. The van der Waals surface area contributed by atoms with E-state index in [2.05, 4.69) is 10.6 Å². The van der Waals surface area contributed by atoms with Crippen LogP contribution in [0.2, 0.25) is 0 Å². The van der Waals surface area contributed by atoms with Gasteiger partial charge in [0.2, 0.25) is 0 Å². The van der Waals surface area contributed by atoms with E-state index in [0.717, 1.165) is 0 Å². The molecule has 8 heteroatoms. The molecule has 0 aliphatic carbocycles. The van der Waals surface area contributed by atoms with E-state index in [0.29, 0.717) is 5.76 Å². The molecule has 1 heterocycles. The smallest absolute Gasteiger partial charge is 0.321 e. The summed E-state index contributed by atoms with van der Waals surface area (Å²) in [4.78, 5) is 34.4. The van der Waals surface area contributed by atoms with Crippen molar-refractivity contribution in [3.63, 3.8) is 0 Å². The van der Waals surface area contributed by atoms with Crippen LogP contribution in [0.25, 0.3) is 0 Å². The third-order valence-electron chi connectivity index (χ3n) is 2.77. The fraction of sp³-hybridized carbons (Fsp3) is 0.133. The van der Waals surface area contributed by atoms with Gasteiger partial charge in [0.1, 0.15) is 11.5 Å². The summed E-state index contributed by atoms with van der Waals surface area (Å²) >= 11 is 0. The van der Waals surface area contributed by atoms with E-state index >= 15 is 0 Å². The highest BCUT2D eigenvalue weighted by Gasteiger charge is 2.12. The zero-order valence-corrected chi connectivity index (χ0v) is 12.1. The van der Waals surface area contributed by atoms with Gasteiger partial charge in [-0.2, -0.15) is 0 Å². The largest absolute Gasteiger partial charge is 0.483 e. The zero-order chi connectivity index (χ0) is 16.7. The number of ether oxygens (including phenoxy) is 1. The average molecular weight is 317 g/mol. The van der Waals surface area contributed by atoms with Gasteiger partial charge in [-0.3, -0.25) is 14.9 Å². The number of nitrogens with two attached hydrogens (primary N) is 1. The molecule has 0 aliphatic rings. The predicted molar refractivity (Wildman–Crippen MR) is 79.5 cm³/mol. The summed E-state index contributed by atoms with van der Waals surface area (Å²) in [7, 11) is 0. The van der Waals surface area contributed by atoms with Gasteiger partial charge in [-0.15, -0.1) is 0 Å². The molecule has 0 bridgehead atoms. The third kappa shape index (κ3) is 4.88. The summed E-state index contributed by atoms with van der Waals surface area (Å²) < 4.78 is 10.2. The van der Waals surface area contributed by atoms with E-state index in [1.165, 1.54) is 18.4 Å². The van der Waals surface area contributed by atoms with Crippen LogP contribution in [-0.4, -0.2) is 24.5 Å². The lowest BCUT2D eigenvalue weighted by atomic mass is 10.2. The first kappa shape index (κ1) is 16.1. The lowest BCUT2D eigenvalue weighted by molar-refractivity contribution is -0.122. The van der Waals surface area contributed by atoms with Crippen molar-refractivity contribution < 1.29 is 23.5 Å². The minimum atomic E-state index is -0.682. The van der Waals surface area contributed by atoms with Gasteiger partial charge < -0.3 is 20.2 Å². The van der Waals surface area contributed by atoms with E-state index in [9.17, 15) is 14.4 Å². The van der Waals surface area contributed by atoms with Crippen LogP contribution in [0.4, 0.5) is 4.79 Å². The summed E-state index contributed by atoms with van der Waals surface area (Å²) in [5.74, 6) is -0.608. The van der Waals surface area contributed by atoms with Gasteiger partial charge in [0.15, 0.2) is 6.61 Å². The molecule has 0 radical (unpaired) electrons. The molecule has 1 aromatic heterocycles. The number of nitrogens with one attached hydrogen (secondary N) is 2. The Bertz CT molecular complexity index is 697. The van der Waals surface area contributed by atoms with E-state index in [1.807, 2.05) is 0 Å². The quantitative estimate of drug-likeness (QED) is 0.726. The molecule has 1 aromatic carbocycles. The number of hydrogen-bond donors (Lipinski definition) is 3. The maximum atomic E-state index is 11.6. The molecule has 0 unspecified atom stereocenters. The second kappa shape index (κ2) is 7.64. The Morgan fingerprint density at radius 1 is 1.13 bits per heavy atom. The second-order valence-electron chi connectivity index (χ2n) is 4.46. The minimum absolute atomic E-state index is 0.150. The summed E-state index contributed by atoms with van der Waals surface area (Å²) in [6.45, 7) is -0.282. The first-order valence-corrected chi connectivity index (χ1v) is 6.68. The Labute approximate surface area is 131 Å². The maximum absolute atomic E-state index is 11.6. The number of furan rings is 1. The Hall–Kier alpha value is -3.29. The number of hydrogen-bond acceptors (Lipinski definition) is 5. The van der Waals surface area contributed by atoms with Crippen LogP contribution in [0.15, 0.2) is 47.1 Å². The van der Waals surface area contributed by atoms with Crippen molar-refractivity contribution in [2.24, 2.45) is 5.73 Å². The molecule has 0 fully saturated rings. The Kier molecular flexibility index (Phi) is 5.35. The van der Waals surface area contributed by atoms with E-state index in [4.69, 9.17) is 14.9 Å². The number of carbonyl (C=O) groups is 3. The molecule has 120 valence electrons. The number of amides is 4. The Balaban J connectivity index is 1.79. The van der Waals surface area contributed by atoms with E-state index in [1.54, 1.807) is 24.3 Å². The van der Waals surface area contributed by atoms with Crippen LogP contribution < -0.4 is 21.1 Å². The van der Waals surface area contributed by atoms with Gasteiger partial charge in [0, 0.05) is 0 Å². The maximum Gasteiger partial charge on any atom is 0.321 e. The Morgan fingerprint density at radius 3 is 2.61 bits per heavy atom. The molecule has 4 amide bonds. The van der Waals surface area contributed by atoms with Crippen molar-refractivity contribution in [1.29, 1.82) is 0 Å². The Morgan fingerprint density at radius 2 is 1.91 bits per heavy atom. The fourth-order valence-corrected chi connectivity index (χ4v) is 1.73. The number of carbonyl (C=O) groups excluding carboxylic acids is 3. The highest BCUT2D eigenvalue weighted by atomic mass is 16.5. The van der Waals surface area contributed by atoms with Crippen LogP contribution in [0, 0.1) is 0 Å². The molecule has 2 rings (SSSR count). The minimum Gasteiger partial charge on any atom is -0.483 e. The number of urea groups is 1. The van der Waals surface area contributed by atoms with Crippen molar-refractivity contribution in [3.05, 3.63) is 54.0 Å². The highest BCUT2D eigenvalue weighted by molar-refractivity contribution is 5.96. The predicted octanol–water partition coefficient (Wildman–Crippen LogP) is 0.783. The standard InChI is InChI=1S/C15H15N3O5/c16-14(20)11-5-1-2-6-12(11)23-9-13(19)18-15(21)17-8-10-4-3-7-22-10/h1-7H,8-9H2,(H2,16,20)(H2,17,18,19,21).